The van der Waals surface area contributed by atoms with Crippen molar-refractivity contribution in [1.29, 1.82) is 0 Å². The highest BCUT2D eigenvalue weighted by Crippen LogP contribution is 2.29. The number of halogens is 1. The summed E-state index contributed by atoms with van der Waals surface area (Å²) in [6.07, 6.45) is 1.02. The SMILES string of the molecule is CN(C)c1ccc(C(CNC(=O)c2cccc(Cl)c2)N2CCc3ccccc3C2)cc1. The Bertz CT molecular complexity index is 1050. The average molecular weight is 434 g/mol. The lowest BCUT2D eigenvalue weighted by Crippen LogP contribution is -2.40. The number of benzene rings is 3. The Hall–Kier alpha value is -2.82. The molecule has 1 aliphatic heterocycles. The first-order chi connectivity index (χ1) is 15.0. The third kappa shape index (κ3) is 5.09. The number of nitrogens with one attached hydrogen (secondary N) is 1. The molecule has 0 bridgehead atoms. The van der Waals surface area contributed by atoms with Gasteiger partial charge in [-0.2, -0.15) is 0 Å². The van der Waals surface area contributed by atoms with Crippen molar-refractivity contribution in [1.82, 2.24) is 10.2 Å². The maximum Gasteiger partial charge on any atom is 0.251 e. The molecule has 0 saturated carbocycles. The van der Waals surface area contributed by atoms with Gasteiger partial charge in [-0.25, -0.2) is 0 Å². The van der Waals surface area contributed by atoms with Crippen LogP contribution < -0.4 is 10.2 Å². The molecular weight excluding hydrogens is 406 g/mol. The van der Waals surface area contributed by atoms with E-state index in [1.165, 1.54) is 16.7 Å². The highest BCUT2D eigenvalue weighted by atomic mass is 35.5. The zero-order valence-corrected chi connectivity index (χ0v) is 18.8. The number of nitrogens with zero attached hydrogens (tertiary/aromatic N) is 2. The summed E-state index contributed by atoms with van der Waals surface area (Å²) in [6, 6.07) is 24.4. The summed E-state index contributed by atoms with van der Waals surface area (Å²) in [5.41, 5.74) is 5.73. The second-order valence-electron chi connectivity index (χ2n) is 8.21. The molecule has 3 aromatic carbocycles. The quantitative estimate of drug-likeness (QED) is 0.598. The van der Waals surface area contributed by atoms with Crippen molar-refractivity contribution < 1.29 is 4.79 Å². The van der Waals surface area contributed by atoms with E-state index in [1.54, 1.807) is 24.3 Å². The van der Waals surface area contributed by atoms with Gasteiger partial charge in [-0.05, 0) is 53.4 Å². The van der Waals surface area contributed by atoms with Crippen LogP contribution in [0.2, 0.25) is 5.02 Å². The molecule has 1 amide bonds. The van der Waals surface area contributed by atoms with Crippen molar-refractivity contribution in [3.8, 4) is 0 Å². The van der Waals surface area contributed by atoms with E-state index in [2.05, 4.69) is 63.6 Å². The molecular formula is C26H28ClN3O. The molecule has 0 aromatic heterocycles. The number of hydrogen-bond donors (Lipinski definition) is 1. The van der Waals surface area contributed by atoms with Gasteiger partial charge in [0.25, 0.3) is 5.91 Å². The van der Waals surface area contributed by atoms with Gasteiger partial charge in [0.05, 0.1) is 6.04 Å². The monoisotopic (exact) mass is 433 g/mol. The number of hydrogen-bond acceptors (Lipinski definition) is 3. The summed E-state index contributed by atoms with van der Waals surface area (Å²) < 4.78 is 0. The predicted octanol–water partition coefficient (Wildman–Crippen LogP) is 4.94. The molecule has 1 atom stereocenters. The van der Waals surface area contributed by atoms with Crippen LogP contribution in [0.1, 0.15) is 33.1 Å². The van der Waals surface area contributed by atoms with Gasteiger partial charge in [0.2, 0.25) is 0 Å². The Morgan fingerprint density at radius 1 is 1.03 bits per heavy atom. The number of rotatable bonds is 6. The van der Waals surface area contributed by atoms with Gasteiger partial charge in [0.1, 0.15) is 0 Å². The Morgan fingerprint density at radius 3 is 2.48 bits per heavy atom. The number of carbonyl (C=O) groups is 1. The molecule has 3 aromatic rings. The van der Waals surface area contributed by atoms with Crippen molar-refractivity contribution in [3.05, 3.63) is 100 Å². The number of carbonyl (C=O) groups excluding carboxylic acids is 1. The largest absolute Gasteiger partial charge is 0.378 e. The Labute approximate surface area is 189 Å². The van der Waals surface area contributed by atoms with Crippen molar-refractivity contribution in [3.63, 3.8) is 0 Å². The summed E-state index contributed by atoms with van der Waals surface area (Å²) in [7, 11) is 4.08. The molecule has 1 aliphatic rings. The third-order valence-corrected chi connectivity index (χ3v) is 6.17. The highest BCUT2D eigenvalue weighted by Gasteiger charge is 2.25. The zero-order chi connectivity index (χ0) is 21.8. The normalized spacial score (nSPS) is 14.5. The molecule has 0 fully saturated rings. The van der Waals surface area contributed by atoms with Crippen molar-refractivity contribution in [2.75, 3.05) is 32.1 Å². The van der Waals surface area contributed by atoms with Gasteiger partial charge in [0.15, 0.2) is 0 Å². The third-order valence-electron chi connectivity index (χ3n) is 5.94. The van der Waals surface area contributed by atoms with E-state index in [4.69, 9.17) is 11.6 Å². The van der Waals surface area contributed by atoms with Crippen molar-refractivity contribution in [2.24, 2.45) is 0 Å². The van der Waals surface area contributed by atoms with Crippen LogP contribution >= 0.6 is 11.6 Å². The van der Waals surface area contributed by atoms with Crippen LogP contribution in [0.25, 0.3) is 0 Å². The minimum Gasteiger partial charge on any atom is -0.378 e. The van der Waals surface area contributed by atoms with E-state index in [0.717, 1.165) is 25.2 Å². The smallest absolute Gasteiger partial charge is 0.251 e. The van der Waals surface area contributed by atoms with Crippen LogP contribution in [0.4, 0.5) is 5.69 Å². The highest BCUT2D eigenvalue weighted by molar-refractivity contribution is 6.30. The fourth-order valence-electron chi connectivity index (χ4n) is 4.16. The van der Waals surface area contributed by atoms with E-state index in [1.807, 2.05) is 14.1 Å². The Balaban J connectivity index is 1.56. The van der Waals surface area contributed by atoms with E-state index < -0.39 is 0 Å². The fourth-order valence-corrected chi connectivity index (χ4v) is 4.35. The van der Waals surface area contributed by atoms with Crippen LogP contribution in [-0.4, -0.2) is 38.0 Å². The molecule has 160 valence electrons. The molecule has 1 N–H and O–H groups in total. The maximum atomic E-state index is 12.8. The number of fused-ring (bicyclic) bond motifs is 1. The first-order valence-corrected chi connectivity index (χ1v) is 11.0. The number of amides is 1. The second-order valence-corrected chi connectivity index (χ2v) is 8.65. The summed E-state index contributed by atoms with van der Waals surface area (Å²) >= 11 is 6.07. The molecule has 1 unspecified atom stereocenters. The molecule has 5 heteroatoms. The average Bonchev–Trinajstić information content (AvgIpc) is 2.79. The molecule has 4 nitrogen and oxygen atoms in total. The molecule has 31 heavy (non-hydrogen) atoms. The summed E-state index contributed by atoms with van der Waals surface area (Å²) in [4.78, 5) is 17.3. The molecule has 0 radical (unpaired) electrons. The summed E-state index contributed by atoms with van der Waals surface area (Å²) in [6.45, 7) is 2.38. The topological polar surface area (TPSA) is 35.6 Å². The lowest BCUT2D eigenvalue weighted by atomic mass is 9.96. The van der Waals surface area contributed by atoms with Crippen LogP contribution in [0.5, 0.6) is 0 Å². The van der Waals surface area contributed by atoms with Gasteiger partial charge in [-0.1, -0.05) is 54.1 Å². The summed E-state index contributed by atoms with van der Waals surface area (Å²) in [5.74, 6) is -0.102. The molecule has 0 aliphatic carbocycles. The standard InChI is InChI=1S/C26H28ClN3O/c1-29(2)24-12-10-20(11-13-24)25(17-28-26(31)21-8-5-9-23(27)16-21)30-15-14-19-6-3-4-7-22(19)18-30/h3-13,16,25H,14-15,17-18H2,1-2H3,(H,28,31). The Kier molecular flexibility index (Phi) is 6.59. The van der Waals surface area contributed by atoms with Crippen molar-refractivity contribution in [2.45, 2.75) is 19.0 Å². The van der Waals surface area contributed by atoms with E-state index in [9.17, 15) is 4.79 Å². The second kappa shape index (κ2) is 9.54. The van der Waals surface area contributed by atoms with Crippen LogP contribution in [-0.2, 0) is 13.0 Å². The molecule has 0 saturated heterocycles. The summed E-state index contributed by atoms with van der Waals surface area (Å²) in [5, 5.41) is 3.70. The number of anilines is 1. The van der Waals surface area contributed by atoms with Crippen LogP contribution in [0.3, 0.4) is 0 Å². The lowest BCUT2D eigenvalue weighted by Gasteiger charge is -2.36. The molecule has 0 spiro atoms. The van der Waals surface area contributed by atoms with Crippen LogP contribution in [0, 0.1) is 0 Å². The minimum atomic E-state index is -0.102. The van der Waals surface area contributed by atoms with Gasteiger partial charge in [0, 0.05) is 50.0 Å². The van der Waals surface area contributed by atoms with E-state index >= 15 is 0 Å². The first-order valence-electron chi connectivity index (χ1n) is 10.6. The first kappa shape index (κ1) is 21.4. The Morgan fingerprint density at radius 2 is 1.77 bits per heavy atom. The lowest BCUT2D eigenvalue weighted by molar-refractivity contribution is 0.0927. The van der Waals surface area contributed by atoms with E-state index in [-0.39, 0.29) is 11.9 Å². The van der Waals surface area contributed by atoms with E-state index in [0.29, 0.717) is 17.1 Å². The van der Waals surface area contributed by atoms with Crippen molar-refractivity contribution >= 4 is 23.2 Å². The van der Waals surface area contributed by atoms with Gasteiger partial charge in [-0.15, -0.1) is 0 Å². The fraction of sp³-hybridized carbons (Fsp3) is 0.269. The van der Waals surface area contributed by atoms with Gasteiger partial charge >= 0.3 is 0 Å². The maximum absolute atomic E-state index is 12.8. The minimum absolute atomic E-state index is 0.0905. The van der Waals surface area contributed by atoms with Gasteiger partial charge in [-0.3, -0.25) is 9.69 Å². The molecule has 1 heterocycles. The zero-order valence-electron chi connectivity index (χ0n) is 18.0. The van der Waals surface area contributed by atoms with Crippen LogP contribution in [0.15, 0.2) is 72.8 Å². The van der Waals surface area contributed by atoms with Gasteiger partial charge < -0.3 is 10.2 Å². The predicted molar refractivity (Wildman–Crippen MR) is 128 cm³/mol. The molecule has 4 rings (SSSR count).